The first-order valence-corrected chi connectivity index (χ1v) is 11.7. The van der Waals surface area contributed by atoms with Crippen molar-refractivity contribution in [3.63, 3.8) is 0 Å². The third kappa shape index (κ3) is 4.25. The first kappa shape index (κ1) is 22.6. The topological polar surface area (TPSA) is 85.5 Å². The van der Waals surface area contributed by atoms with Crippen LogP contribution in [0.2, 0.25) is 0 Å². The lowest BCUT2D eigenvalue weighted by atomic mass is 10.2. The molecule has 0 bridgehead atoms. The molecule has 4 aromatic rings. The number of hydrogen-bond acceptors (Lipinski definition) is 6. The fraction of sp³-hybridized carbons (Fsp3) is 0.308. The Morgan fingerprint density at radius 3 is 2.37 bits per heavy atom. The highest BCUT2D eigenvalue weighted by Crippen LogP contribution is 2.23. The largest absolute Gasteiger partial charge is 0.497 e. The van der Waals surface area contributed by atoms with E-state index in [9.17, 15) is 9.59 Å². The Hall–Kier alpha value is -4.14. The molecule has 9 nitrogen and oxygen atoms in total. The van der Waals surface area contributed by atoms with Crippen LogP contribution < -0.4 is 15.2 Å². The van der Waals surface area contributed by atoms with E-state index in [2.05, 4.69) is 15.1 Å². The van der Waals surface area contributed by atoms with Crippen LogP contribution in [0, 0.1) is 13.8 Å². The number of aryl methyl sites for hydroxylation is 2. The van der Waals surface area contributed by atoms with E-state index in [0.717, 1.165) is 28.2 Å². The highest BCUT2D eigenvalue weighted by Gasteiger charge is 2.24. The smallest absolute Gasteiger partial charge is 0.295 e. The number of hydrogen-bond donors (Lipinski definition) is 0. The Morgan fingerprint density at radius 1 is 0.943 bits per heavy atom. The Bertz CT molecular complexity index is 1430. The molecule has 0 aliphatic carbocycles. The van der Waals surface area contributed by atoms with Crippen molar-refractivity contribution in [2.24, 2.45) is 0 Å². The monoisotopic (exact) mass is 472 g/mol. The molecule has 9 heteroatoms. The van der Waals surface area contributed by atoms with Gasteiger partial charge in [0.1, 0.15) is 12.3 Å². The lowest BCUT2D eigenvalue weighted by Gasteiger charge is -2.36. The van der Waals surface area contributed by atoms with Crippen LogP contribution >= 0.6 is 0 Å². The van der Waals surface area contributed by atoms with Crippen molar-refractivity contribution < 1.29 is 9.53 Å². The molecule has 180 valence electrons. The van der Waals surface area contributed by atoms with Crippen molar-refractivity contribution in [3.8, 4) is 11.4 Å². The lowest BCUT2D eigenvalue weighted by Crippen LogP contribution is -2.50. The second-order valence-electron chi connectivity index (χ2n) is 8.67. The highest BCUT2D eigenvalue weighted by atomic mass is 16.5. The van der Waals surface area contributed by atoms with Crippen LogP contribution in [0.15, 0.2) is 59.4 Å². The standard InChI is InChI=1S/C26H28N6O3/c1-18-24-19(2)32(20-8-5-4-6-9-20)28-25(24)26(34)31(27-18)17-23(33)30-14-12-29(13-15-30)21-10-7-11-22(16-21)35-3/h4-11,16H,12-15,17H2,1-3H3. The summed E-state index contributed by atoms with van der Waals surface area (Å²) in [6, 6.07) is 17.6. The molecule has 2 aromatic heterocycles. The van der Waals surface area contributed by atoms with Crippen LogP contribution in [0.4, 0.5) is 5.69 Å². The van der Waals surface area contributed by atoms with Gasteiger partial charge in [0.25, 0.3) is 5.56 Å². The summed E-state index contributed by atoms with van der Waals surface area (Å²) >= 11 is 0. The summed E-state index contributed by atoms with van der Waals surface area (Å²) in [5, 5.41) is 9.78. The zero-order valence-corrected chi connectivity index (χ0v) is 20.1. The number of carbonyl (C=O) groups excluding carboxylic acids is 1. The molecular weight excluding hydrogens is 444 g/mol. The molecule has 0 saturated carbocycles. The zero-order chi connectivity index (χ0) is 24.5. The molecule has 0 atom stereocenters. The summed E-state index contributed by atoms with van der Waals surface area (Å²) in [7, 11) is 1.65. The van der Waals surface area contributed by atoms with Gasteiger partial charge < -0.3 is 14.5 Å². The first-order chi connectivity index (χ1) is 17.0. The highest BCUT2D eigenvalue weighted by molar-refractivity contribution is 5.84. The second kappa shape index (κ2) is 9.25. The van der Waals surface area contributed by atoms with Gasteiger partial charge in [-0.2, -0.15) is 10.2 Å². The van der Waals surface area contributed by atoms with E-state index in [1.54, 1.807) is 16.7 Å². The number of para-hydroxylation sites is 1. The molecule has 0 unspecified atom stereocenters. The second-order valence-corrected chi connectivity index (χ2v) is 8.67. The number of rotatable bonds is 5. The van der Waals surface area contributed by atoms with E-state index in [-0.39, 0.29) is 18.0 Å². The van der Waals surface area contributed by atoms with E-state index >= 15 is 0 Å². The molecule has 0 N–H and O–H groups in total. The molecule has 1 aliphatic rings. The van der Waals surface area contributed by atoms with Crippen LogP contribution in [0.1, 0.15) is 11.4 Å². The predicted molar refractivity (Wildman–Crippen MR) is 134 cm³/mol. The van der Waals surface area contributed by atoms with Gasteiger partial charge in [0.2, 0.25) is 5.91 Å². The summed E-state index contributed by atoms with van der Waals surface area (Å²) in [5.41, 5.74) is 3.44. The van der Waals surface area contributed by atoms with Gasteiger partial charge in [0, 0.05) is 37.9 Å². The van der Waals surface area contributed by atoms with Gasteiger partial charge in [-0.05, 0) is 38.1 Å². The fourth-order valence-electron chi connectivity index (χ4n) is 4.66. The predicted octanol–water partition coefficient (Wildman–Crippen LogP) is 2.56. The maximum atomic E-state index is 13.2. The average molecular weight is 473 g/mol. The number of anilines is 1. The Labute approximate surface area is 203 Å². The minimum atomic E-state index is -0.355. The Morgan fingerprint density at radius 2 is 1.66 bits per heavy atom. The Kier molecular flexibility index (Phi) is 5.98. The average Bonchev–Trinajstić information content (AvgIpc) is 3.25. The van der Waals surface area contributed by atoms with Gasteiger partial charge in [0.05, 0.1) is 29.6 Å². The molecule has 1 fully saturated rings. The first-order valence-electron chi connectivity index (χ1n) is 11.7. The molecule has 1 amide bonds. The number of piperazine rings is 1. The van der Waals surface area contributed by atoms with Crippen LogP contribution in [0.3, 0.4) is 0 Å². The van der Waals surface area contributed by atoms with Gasteiger partial charge in [-0.15, -0.1) is 0 Å². The summed E-state index contributed by atoms with van der Waals surface area (Å²) in [6.45, 7) is 6.24. The van der Waals surface area contributed by atoms with Crippen molar-refractivity contribution in [2.45, 2.75) is 20.4 Å². The van der Waals surface area contributed by atoms with Gasteiger partial charge in [-0.25, -0.2) is 9.36 Å². The van der Waals surface area contributed by atoms with Crippen molar-refractivity contribution in [2.75, 3.05) is 38.2 Å². The van der Waals surface area contributed by atoms with Gasteiger partial charge in [0.15, 0.2) is 5.52 Å². The number of nitrogens with zero attached hydrogens (tertiary/aromatic N) is 6. The quantitative estimate of drug-likeness (QED) is 0.444. The molecule has 3 heterocycles. The minimum absolute atomic E-state index is 0.105. The van der Waals surface area contributed by atoms with E-state index in [1.165, 1.54) is 4.68 Å². The molecule has 0 radical (unpaired) electrons. The lowest BCUT2D eigenvalue weighted by molar-refractivity contribution is -0.132. The van der Waals surface area contributed by atoms with Gasteiger partial charge >= 0.3 is 0 Å². The molecule has 1 saturated heterocycles. The molecular formula is C26H28N6O3. The molecule has 2 aromatic carbocycles. The Balaban J connectivity index is 1.34. The van der Waals surface area contributed by atoms with E-state index in [1.807, 2.05) is 68.4 Å². The third-order valence-electron chi connectivity index (χ3n) is 6.52. The summed E-state index contributed by atoms with van der Waals surface area (Å²) in [6.07, 6.45) is 0. The van der Waals surface area contributed by atoms with E-state index in [0.29, 0.717) is 37.4 Å². The van der Waals surface area contributed by atoms with Crippen molar-refractivity contribution in [1.82, 2.24) is 24.5 Å². The summed E-state index contributed by atoms with van der Waals surface area (Å²) in [5.74, 6) is 0.685. The van der Waals surface area contributed by atoms with Gasteiger partial charge in [-0.1, -0.05) is 24.3 Å². The normalized spacial score (nSPS) is 13.9. The molecule has 1 aliphatic heterocycles. The van der Waals surface area contributed by atoms with Crippen molar-refractivity contribution in [1.29, 1.82) is 0 Å². The van der Waals surface area contributed by atoms with Gasteiger partial charge in [-0.3, -0.25) is 9.59 Å². The number of carbonyl (C=O) groups is 1. The minimum Gasteiger partial charge on any atom is -0.497 e. The van der Waals surface area contributed by atoms with Crippen LogP contribution in [-0.2, 0) is 11.3 Å². The number of aromatic nitrogens is 4. The molecule has 35 heavy (non-hydrogen) atoms. The van der Waals surface area contributed by atoms with E-state index < -0.39 is 0 Å². The SMILES string of the molecule is COc1cccc(N2CCN(C(=O)Cn3nc(C)c4c(C)n(-c5ccccc5)nc4c3=O)CC2)c1. The van der Waals surface area contributed by atoms with Crippen molar-refractivity contribution in [3.05, 3.63) is 76.3 Å². The van der Waals surface area contributed by atoms with Crippen LogP contribution in [0.5, 0.6) is 5.75 Å². The number of methoxy groups -OCH3 is 1. The van der Waals surface area contributed by atoms with Crippen LogP contribution in [-0.4, -0.2) is 63.7 Å². The number of ether oxygens (including phenoxy) is 1. The zero-order valence-electron chi connectivity index (χ0n) is 20.1. The van der Waals surface area contributed by atoms with Crippen molar-refractivity contribution >= 4 is 22.5 Å². The molecule has 0 spiro atoms. The fourth-order valence-corrected chi connectivity index (χ4v) is 4.66. The van der Waals surface area contributed by atoms with E-state index in [4.69, 9.17) is 4.74 Å². The maximum Gasteiger partial charge on any atom is 0.295 e. The molecule has 5 rings (SSSR count). The maximum absolute atomic E-state index is 13.2. The summed E-state index contributed by atoms with van der Waals surface area (Å²) in [4.78, 5) is 30.3. The number of fused-ring (bicyclic) bond motifs is 1. The summed E-state index contributed by atoms with van der Waals surface area (Å²) < 4.78 is 8.32. The number of amides is 1. The third-order valence-corrected chi connectivity index (χ3v) is 6.52. The number of benzene rings is 2. The van der Waals surface area contributed by atoms with Crippen LogP contribution in [0.25, 0.3) is 16.6 Å².